The van der Waals surface area contributed by atoms with Crippen molar-refractivity contribution in [3.8, 4) is 0 Å². The lowest BCUT2D eigenvalue weighted by Crippen LogP contribution is -2.46. The third kappa shape index (κ3) is 10.9. The minimum absolute atomic E-state index is 0.146. The molecule has 214 valence electrons. The fraction of sp³-hybridized carbons (Fsp3) is 0.690. The molecule has 1 amide bonds. The van der Waals surface area contributed by atoms with E-state index in [0.717, 1.165) is 32.6 Å². The molecule has 2 heterocycles. The summed E-state index contributed by atoms with van der Waals surface area (Å²) in [5.74, 6) is 0. The van der Waals surface area contributed by atoms with Gasteiger partial charge in [-0.05, 0) is 93.7 Å². The van der Waals surface area contributed by atoms with Crippen LogP contribution in [0, 0.1) is 0 Å². The zero-order valence-electron chi connectivity index (χ0n) is 24.6. The topological polar surface area (TPSA) is 94.6 Å². The Kier molecular flexibility index (Phi) is 10.2. The first-order valence-electron chi connectivity index (χ1n) is 13.3. The molecule has 3 rings (SSSR count). The molecule has 1 unspecified atom stereocenters. The number of amides is 1. The second kappa shape index (κ2) is 12.4. The Morgan fingerprint density at radius 1 is 0.763 bits per heavy atom. The van der Waals surface area contributed by atoms with Crippen LogP contribution >= 0.6 is 0 Å². The van der Waals surface area contributed by atoms with E-state index in [-0.39, 0.29) is 11.6 Å². The fourth-order valence-electron chi connectivity index (χ4n) is 4.46. The van der Waals surface area contributed by atoms with Crippen LogP contribution in [0.5, 0.6) is 0 Å². The molecule has 0 bridgehead atoms. The van der Waals surface area contributed by atoms with Crippen molar-refractivity contribution in [2.45, 2.75) is 110 Å². The first-order chi connectivity index (χ1) is 17.4. The van der Waals surface area contributed by atoms with Crippen LogP contribution in [-0.4, -0.2) is 70.2 Å². The van der Waals surface area contributed by atoms with Gasteiger partial charge in [0.05, 0.1) is 0 Å². The molecule has 1 atom stereocenters. The number of hydrogen-bond donors (Lipinski definition) is 0. The molecule has 38 heavy (non-hydrogen) atoms. The molecule has 2 saturated heterocycles. The Bertz CT molecular complexity index is 918. The van der Waals surface area contributed by atoms with E-state index in [1.807, 2.05) is 25.7 Å². The largest absolute Gasteiger partial charge is 0.519 e. The van der Waals surface area contributed by atoms with Crippen molar-refractivity contribution in [2.24, 2.45) is 0 Å². The van der Waals surface area contributed by atoms with Crippen LogP contribution in [0.3, 0.4) is 0 Å². The fourth-order valence-corrected chi connectivity index (χ4v) is 4.46. The molecule has 0 aromatic heterocycles. The Labute approximate surface area is 227 Å². The van der Waals surface area contributed by atoms with Gasteiger partial charge in [0.1, 0.15) is 16.8 Å². The van der Waals surface area contributed by atoms with E-state index in [1.165, 1.54) is 18.4 Å². The molecular weight excluding hydrogens is 488 g/mol. The molecule has 0 aliphatic carbocycles. The summed E-state index contributed by atoms with van der Waals surface area (Å²) in [6, 6.07) is 10.6. The summed E-state index contributed by atoms with van der Waals surface area (Å²) < 4.78 is 19.3. The minimum Gasteiger partial charge on any atom is -0.444 e. The van der Waals surface area contributed by atoms with E-state index in [2.05, 4.69) is 40.0 Å². The molecule has 2 aliphatic heterocycles. The predicted molar refractivity (Wildman–Crippen MR) is 145 cm³/mol. The monoisotopic (exact) mass is 534 g/mol. The van der Waals surface area contributed by atoms with Gasteiger partial charge in [0.2, 0.25) is 0 Å². The number of benzene rings is 1. The zero-order chi connectivity index (χ0) is 28.8. The molecule has 1 aromatic rings. The highest BCUT2D eigenvalue weighted by Gasteiger charge is 2.47. The number of ether oxygens (including phenoxy) is 4. The number of hydrogen-bond acceptors (Lipinski definition) is 8. The van der Waals surface area contributed by atoms with E-state index in [9.17, 15) is 14.4 Å². The summed E-state index contributed by atoms with van der Waals surface area (Å²) in [5.41, 5.74) is -0.318. The van der Waals surface area contributed by atoms with Gasteiger partial charge in [0, 0.05) is 25.2 Å². The third-order valence-electron chi connectivity index (χ3n) is 5.89. The van der Waals surface area contributed by atoms with Crippen LogP contribution < -0.4 is 0 Å². The van der Waals surface area contributed by atoms with Gasteiger partial charge in [-0.25, -0.2) is 14.4 Å². The Balaban J connectivity index is 0.000000296. The molecule has 9 nitrogen and oxygen atoms in total. The molecule has 1 spiro atoms. The number of carbonyl (C=O) groups excluding carboxylic acids is 3. The summed E-state index contributed by atoms with van der Waals surface area (Å²) in [4.78, 5) is 38.8. The predicted octanol–water partition coefficient (Wildman–Crippen LogP) is 6.54. The minimum atomic E-state index is -1.06. The summed E-state index contributed by atoms with van der Waals surface area (Å²) in [7, 11) is 0. The van der Waals surface area contributed by atoms with Crippen LogP contribution in [0.15, 0.2) is 30.3 Å². The smallest absolute Gasteiger partial charge is 0.444 e. The highest BCUT2D eigenvalue weighted by molar-refractivity contribution is 5.77. The Morgan fingerprint density at radius 2 is 1.29 bits per heavy atom. The third-order valence-corrected chi connectivity index (χ3v) is 5.89. The van der Waals surface area contributed by atoms with Crippen molar-refractivity contribution in [3.63, 3.8) is 0 Å². The van der Waals surface area contributed by atoms with E-state index in [0.29, 0.717) is 0 Å². The van der Waals surface area contributed by atoms with Crippen LogP contribution in [0.4, 0.5) is 14.4 Å². The molecule has 1 aromatic carbocycles. The summed E-state index contributed by atoms with van der Waals surface area (Å²) >= 11 is 0. The average molecular weight is 535 g/mol. The van der Waals surface area contributed by atoms with Crippen LogP contribution in [-0.2, 0) is 25.5 Å². The maximum atomic E-state index is 12.4. The summed E-state index contributed by atoms with van der Waals surface area (Å²) in [6.07, 6.45) is 1.17. The van der Waals surface area contributed by atoms with E-state index < -0.39 is 29.1 Å². The first-order valence-corrected chi connectivity index (χ1v) is 13.3. The molecule has 2 fully saturated rings. The summed E-state index contributed by atoms with van der Waals surface area (Å²) in [5, 5.41) is 0. The van der Waals surface area contributed by atoms with Crippen molar-refractivity contribution >= 4 is 18.4 Å². The SMILES string of the molecule is CC(C)(C)OC(=O)N1CCC2(CCCN2Cc2ccccc2)C1.CC(C)(C)OC(=O)OC(=O)OC(C)(C)C. The zero-order valence-corrected chi connectivity index (χ0v) is 24.6. The highest BCUT2D eigenvalue weighted by Crippen LogP contribution is 2.39. The van der Waals surface area contributed by atoms with Gasteiger partial charge >= 0.3 is 18.4 Å². The van der Waals surface area contributed by atoms with Crippen molar-refractivity contribution in [1.82, 2.24) is 9.80 Å². The van der Waals surface area contributed by atoms with E-state index >= 15 is 0 Å². The normalized spacial score (nSPS) is 20.0. The lowest BCUT2D eigenvalue weighted by molar-refractivity contribution is -0.0294. The maximum Gasteiger partial charge on any atom is 0.519 e. The molecule has 0 saturated carbocycles. The van der Waals surface area contributed by atoms with Crippen molar-refractivity contribution in [1.29, 1.82) is 0 Å². The number of likely N-dealkylation sites (tertiary alicyclic amines) is 2. The summed E-state index contributed by atoms with van der Waals surface area (Å²) in [6.45, 7) is 19.5. The van der Waals surface area contributed by atoms with Gasteiger partial charge in [0.25, 0.3) is 0 Å². The highest BCUT2D eigenvalue weighted by atomic mass is 16.8. The average Bonchev–Trinajstić information content (AvgIpc) is 3.32. The van der Waals surface area contributed by atoms with E-state index in [4.69, 9.17) is 14.2 Å². The standard InChI is InChI=1S/C19H28N2O2.C10H18O5/c1-18(2,3)23-17(22)20-13-11-19(15-20)10-7-12-21(19)14-16-8-5-4-6-9-16;1-9(2,3)14-7(11)13-8(12)15-10(4,5)6/h4-6,8-9H,7,10-15H2,1-3H3;1-6H3. The van der Waals surface area contributed by atoms with Gasteiger partial charge < -0.3 is 23.8 Å². The van der Waals surface area contributed by atoms with Crippen LogP contribution in [0.25, 0.3) is 0 Å². The van der Waals surface area contributed by atoms with Crippen molar-refractivity contribution in [2.75, 3.05) is 19.6 Å². The Hall–Kier alpha value is -2.81. The molecule has 0 N–H and O–H groups in total. The van der Waals surface area contributed by atoms with Gasteiger partial charge in [-0.2, -0.15) is 0 Å². The number of carbonyl (C=O) groups is 3. The first kappa shape index (κ1) is 31.4. The Morgan fingerprint density at radius 3 is 1.79 bits per heavy atom. The van der Waals surface area contributed by atoms with Gasteiger partial charge in [-0.15, -0.1) is 0 Å². The van der Waals surface area contributed by atoms with Crippen LogP contribution in [0.1, 0.15) is 87.1 Å². The number of nitrogens with zero attached hydrogens (tertiary/aromatic N) is 2. The quantitative estimate of drug-likeness (QED) is 0.240. The molecule has 0 radical (unpaired) electrons. The number of rotatable bonds is 2. The second-order valence-corrected chi connectivity index (χ2v) is 12.9. The molecule has 2 aliphatic rings. The molecular formula is C29H46N2O7. The lowest BCUT2D eigenvalue weighted by Gasteiger charge is -2.35. The van der Waals surface area contributed by atoms with Gasteiger partial charge in [-0.1, -0.05) is 30.3 Å². The van der Waals surface area contributed by atoms with Crippen molar-refractivity contribution < 1.29 is 33.3 Å². The molecule has 9 heteroatoms. The van der Waals surface area contributed by atoms with E-state index in [1.54, 1.807) is 41.5 Å². The lowest BCUT2D eigenvalue weighted by atomic mass is 9.95. The van der Waals surface area contributed by atoms with Crippen LogP contribution in [0.2, 0.25) is 0 Å². The van der Waals surface area contributed by atoms with Gasteiger partial charge in [0.15, 0.2) is 0 Å². The van der Waals surface area contributed by atoms with Gasteiger partial charge in [-0.3, -0.25) is 4.90 Å². The second-order valence-electron chi connectivity index (χ2n) is 12.9. The van der Waals surface area contributed by atoms with Crippen molar-refractivity contribution in [3.05, 3.63) is 35.9 Å². The maximum absolute atomic E-state index is 12.4.